The number of rotatable bonds is 4. The minimum atomic E-state index is -1.24. The maximum absolute atomic E-state index is 13.3. The smallest absolute Gasteiger partial charge is 0.143 e. The van der Waals surface area contributed by atoms with E-state index in [2.05, 4.69) is 16.1 Å². The molecule has 1 aliphatic rings. The lowest BCUT2D eigenvalue weighted by Crippen LogP contribution is -2.18. The first-order valence-electron chi connectivity index (χ1n) is 7.87. The van der Waals surface area contributed by atoms with E-state index in [1.807, 2.05) is 18.3 Å². The third-order valence-electron chi connectivity index (χ3n) is 4.53. The fourth-order valence-electron chi connectivity index (χ4n) is 2.98. The van der Waals surface area contributed by atoms with Crippen LogP contribution in [0.1, 0.15) is 19.3 Å². The zero-order valence-corrected chi connectivity index (χ0v) is 13.7. The van der Waals surface area contributed by atoms with Gasteiger partial charge in [0.15, 0.2) is 0 Å². The van der Waals surface area contributed by atoms with E-state index in [9.17, 15) is 4.39 Å². The molecule has 120 valence electrons. The van der Waals surface area contributed by atoms with E-state index < -0.39 is 10.7 Å². The molecule has 0 atom stereocenters. The Labute approximate surface area is 136 Å². The minimum absolute atomic E-state index is 0.375. The zero-order chi connectivity index (χ0) is 15.8. The van der Waals surface area contributed by atoms with Gasteiger partial charge in [-0.05, 0) is 47.6 Å². The number of nitrogens with one attached hydrogen (secondary N) is 1. The van der Waals surface area contributed by atoms with Crippen molar-refractivity contribution in [3.63, 3.8) is 0 Å². The number of hydrogen-bond acceptors (Lipinski definition) is 3. The van der Waals surface area contributed by atoms with Gasteiger partial charge in [-0.1, -0.05) is 6.42 Å². The van der Waals surface area contributed by atoms with E-state index in [-0.39, 0.29) is 5.82 Å². The van der Waals surface area contributed by atoms with Crippen LogP contribution in [0.4, 0.5) is 4.39 Å². The summed E-state index contributed by atoms with van der Waals surface area (Å²) in [5.41, 5.74) is 1.46. The van der Waals surface area contributed by atoms with Crippen LogP contribution in [-0.2, 0) is 10.7 Å². The van der Waals surface area contributed by atoms with Gasteiger partial charge in [0.05, 0.1) is 23.6 Å². The van der Waals surface area contributed by atoms with Crippen LogP contribution in [0.15, 0.2) is 47.8 Å². The Morgan fingerprint density at radius 3 is 2.87 bits per heavy atom. The molecule has 2 aromatic heterocycles. The largest absolute Gasteiger partial charge is 0.299 e. The van der Waals surface area contributed by atoms with Gasteiger partial charge < -0.3 is 0 Å². The first kappa shape index (κ1) is 14.5. The molecule has 1 saturated carbocycles. The van der Waals surface area contributed by atoms with Crippen LogP contribution in [0.3, 0.4) is 0 Å². The molecule has 4 nitrogen and oxygen atoms in total. The van der Waals surface area contributed by atoms with Crippen LogP contribution in [-0.4, -0.2) is 20.5 Å². The Kier molecular flexibility index (Phi) is 3.69. The second-order valence-corrected chi connectivity index (χ2v) is 8.13. The van der Waals surface area contributed by atoms with Crippen molar-refractivity contribution in [2.75, 3.05) is 5.75 Å². The molecule has 0 radical (unpaired) electrons. The van der Waals surface area contributed by atoms with Crippen molar-refractivity contribution in [2.24, 2.45) is 5.92 Å². The van der Waals surface area contributed by atoms with Crippen LogP contribution in [0, 0.1) is 16.5 Å². The first-order chi connectivity index (χ1) is 11.2. The van der Waals surface area contributed by atoms with Crippen LogP contribution >= 0.6 is 0 Å². The molecule has 3 aromatic rings. The highest BCUT2D eigenvalue weighted by Crippen LogP contribution is 2.29. The van der Waals surface area contributed by atoms with Crippen molar-refractivity contribution >= 4 is 21.6 Å². The van der Waals surface area contributed by atoms with Gasteiger partial charge in [-0.3, -0.25) is 9.76 Å². The van der Waals surface area contributed by atoms with Gasteiger partial charge >= 0.3 is 0 Å². The predicted octanol–water partition coefficient (Wildman–Crippen LogP) is 3.56. The topological polar surface area (TPSA) is 54.6 Å². The Morgan fingerprint density at radius 1 is 1.26 bits per heavy atom. The minimum Gasteiger partial charge on any atom is -0.299 e. The zero-order valence-electron chi connectivity index (χ0n) is 12.7. The molecule has 0 saturated heterocycles. The Balaban J connectivity index is 1.65. The van der Waals surface area contributed by atoms with Crippen LogP contribution < -0.4 is 0 Å². The van der Waals surface area contributed by atoms with Gasteiger partial charge in [-0.2, -0.15) is 15.8 Å². The molecule has 1 N–H and O–H groups in total. The Morgan fingerprint density at radius 2 is 2.13 bits per heavy atom. The van der Waals surface area contributed by atoms with Gasteiger partial charge in [0.2, 0.25) is 0 Å². The van der Waals surface area contributed by atoms with Crippen LogP contribution in [0.2, 0.25) is 0 Å². The monoisotopic (exact) mass is 330 g/mol. The van der Waals surface area contributed by atoms with E-state index >= 15 is 0 Å². The number of benzene rings is 1. The van der Waals surface area contributed by atoms with Crippen molar-refractivity contribution in [3.05, 3.63) is 48.7 Å². The van der Waals surface area contributed by atoms with Crippen molar-refractivity contribution < 1.29 is 4.39 Å². The third-order valence-corrected chi connectivity index (χ3v) is 6.52. The van der Waals surface area contributed by atoms with Crippen molar-refractivity contribution in [3.8, 4) is 5.69 Å². The summed E-state index contributed by atoms with van der Waals surface area (Å²) in [5, 5.41) is 5.47. The molecule has 0 spiro atoms. The highest BCUT2D eigenvalue weighted by atomic mass is 32.2. The van der Waals surface area contributed by atoms with Gasteiger partial charge in [-0.25, -0.2) is 9.07 Å². The number of hydrogen-bond donors (Lipinski definition) is 1. The molecule has 23 heavy (non-hydrogen) atoms. The lowest BCUT2D eigenvalue weighted by atomic mass is 9.87. The summed E-state index contributed by atoms with van der Waals surface area (Å²) >= 11 is 0. The molecule has 0 aliphatic heterocycles. The second kappa shape index (κ2) is 5.85. The van der Waals surface area contributed by atoms with E-state index in [1.54, 1.807) is 10.9 Å². The highest BCUT2D eigenvalue weighted by molar-refractivity contribution is 7.86. The third kappa shape index (κ3) is 2.91. The van der Waals surface area contributed by atoms with Crippen molar-refractivity contribution in [2.45, 2.75) is 24.2 Å². The molecule has 4 rings (SSSR count). The van der Waals surface area contributed by atoms with E-state index in [1.165, 1.54) is 31.5 Å². The molecular formula is C17H19FN4S. The summed E-state index contributed by atoms with van der Waals surface area (Å²) in [6.07, 6.45) is 8.56. The SMILES string of the molecule is N=[SH2](CC1CCC1)c1ccc2nn(-c3cncc(F)c3)cc2c1. The predicted molar refractivity (Wildman–Crippen MR) is 92.2 cm³/mol. The molecular weight excluding hydrogens is 311 g/mol. The lowest BCUT2D eigenvalue weighted by Gasteiger charge is -2.27. The molecule has 0 unspecified atom stereocenters. The molecule has 0 bridgehead atoms. The first-order valence-corrected chi connectivity index (χ1v) is 9.58. The fraction of sp³-hybridized carbons (Fsp3) is 0.294. The highest BCUT2D eigenvalue weighted by Gasteiger charge is 2.18. The summed E-state index contributed by atoms with van der Waals surface area (Å²) in [6, 6.07) is 7.49. The number of pyridine rings is 1. The van der Waals surface area contributed by atoms with Crippen LogP contribution in [0.5, 0.6) is 0 Å². The molecule has 2 heterocycles. The molecule has 1 aromatic carbocycles. The number of halogens is 1. The van der Waals surface area contributed by atoms with Gasteiger partial charge in [-0.15, -0.1) is 0 Å². The van der Waals surface area contributed by atoms with Gasteiger partial charge in [0.25, 0.3) is 0 Å². The summed E-state index contributed by atoms with van der Waals surface area (Å²) in [4.78, 5) is 5.00. The summed E-state index contributed by atoms with van der Waals surface area (Å²) in [5.74, 6) is 1.43. The molecule has 1 aliphatic carbocycles. The van der Waals surface area contributed by atoms with Gasteiger partial charge in [0.1, 0.15) is 5.82 Å². The number of fused-ring (bicyclic) bond motifs is 1. The average molecular weight is 330 g/mol. The van der Waals surface area contributed by atoms with Crippen molar-refractivity contribution in [1.29, 1.82) is 4.78 Å². The fourth-order valence-corrected chi connectivity index (χ4v) is 4.81. The maximum Gasteiger partial charge on any atom is 0.143 e. The number of aromatic nitrogens is 3. The van der Waals surface area contributed by atoms with Crippen molar-refractivity contribution in [1.82, 2.24) is 14.8 Å². The summed E-state index contributed by atoms with van der Waals surface area (Å²) in [6.45, 7) is 0. The Bertz CT molecular complexity index is 885. The molecule has 6 heteroatoms. The average Bonchev–Trinajstić information content (AvgIpc) is 2.93. The molecule has 0 amide bonds. The second-order valence-electron chi connectivity index (χ2n) is 6.19. The van der Waals surface area contributed by atoms with E-state index in [0.717, 1.165) is 27.5 Å². The Hall–Kier alpha value is -2.08. The van der Waals surface area contributed by atoms with E-state index in [0.29, 0.717) is 5.69 Å². The van der Waals surface area contributed by atoms with E-state index in [4.69, 9.17) is 4.78 Å². The quantitative estimate of drug-likeness (QED) is 0.795. The summed E-state index contributed by atoms with van der Waals surface area (Å²) < 4.78 is 23.4. The standard InChI is InChI=1S/C17H19FN4S/c18-14-7-15(9-20-8-14)22-10-13-6-16(4-5-17(13)21-22)23(19)11-12-2-1-3-12/h4-10,12,19H,1-3,11,23H2. The normalized spacial score (nSPS) is 15.6. The van der Waals surface area contributed by atoms with Gasteiger partial charge in [0, 0.05) is 17.6 Å². The number of nitrogens with zero attached hydrogens (tertiary/aromatic N) is 3. The summed E-state index contributed by atoms with van der Waals surface area (Å²) in [7, 11) is -1.24. The lowest BCUT2D eigenvalue weighted by molar-refractivity contribution is 0.352. The maximum atomic E-state index is 13.3. The van der Waals surface area contributed by atoms with Crippen LogP contribution in [0.25, 0.3) is 16.6 Å². The molecule has 1 fully saturated rings.